The lowest BCUT2D eigenvalue weighted by atomic mass is 9.99. The molecule has 1 aromatic carbocycles. The smallest absolute Gasteiger partial charge is 0.0235 e. The third-order valence-corrected chi connectivity index (χ3v) is 3.61. The highest BCUT2D eigenvalue weighted by molar-refractivity contribution is 5.23. The number of likely N-dealkylation sites (N-methyl/N-ethyl adjacent to an activating group) is 1. The minimum absolute atomic E-state index is 0.611. The van der Waals surface area contributed by atoms with E-state index < -0.39 is 0 Å². The Bertz CT molecular complexity index is 356. The molecule has 0 spiro atoms. The largest absolute Gasteiger partial charge is 0.311 e. The minimum atomic E-state index is 0.611. The summed E-state index contributed by atoms with van der Waals surface area (Å²) in [4.78, 5) is 2.41. The van der Waals surface area contributed by atoms with Crippen molar-refractivity contribution in [2.75, 3.05) is 26.7 Å². The van der Waals surface area contributed by atoms with Gasteiger partial charge in [0.2, 0.25) is 0 Å². The summed E-state index contributed by atoms with van der Waals surface area (Å²) in [5.74, 6) is 0.740. The van der Waals surface area contributed by atoms with Gasteiger partial charge in [0.25, 0.3) is 0 Å². The van der Waals surface area contributed by atoms with Crippen molar-refractivity contribution in [1.82, 2.24) is 10.2 Å². The first-order valence-electron chi connectivity index (χ1n) is 7.13. The van der Waals surface area contributed by atoms with Crippen molar-refractivity contribution in [3.63, 3.8) is 0 Å². The molecule has 1 aliphatic heterocycles. The topological polar surface area (TPSA) is 15.3 Å². The van der Waals surface area contributed by atoms with Crippen LogP contribution in [0.25, 0.3) is 0 Å². The molecule has 2 rings (SSSR count). The summed E-state index contributed by atoms with van der Waals surface area (Å²) in [6, 6.07) is 9.80. The lowest BCUT2D eigenvalue weighted by Gasteiger charge is -2.31. The third-order valence-electron chi connectivity index (χ3n) is 3.61. The van der Waals surface area contributed by atoms with Crippen LogP contribution in [0, 0.1) is 5.92 Å². The van der Waals surface area contributed by atoms with Gasteiger partial charge in [-0.25, -0.2) is 0 Å². The molecular weight excluding hydrogens is 220 g/mol. The molecule has 1 aliphatic rings. The van der Waals surface area contributed by atoms with E-state index >= 15 is 0 Å². The normalized spacial score (nSPS) is 21.4. The number of benzene rings is 1. The molecule has 1 N–H and O–H groups in total. The second kappa shape index (κ2) is 6.35. The van der Waals surface area contributed by atoms with Crippen LogP contribution >= 0.6 is 0 Å². The third kappa shape index (κ3) is 4.11. The standard InChI is InChI=1S/C16H26N2/c1-13(2)10-14-4-6-15(7-5-14)11-16-12-18(3)9-8-17-16/h4-7,13,16-17H,8-12H2,1-3H3. The lowest BCUT2D eigenvalue weighted by Crippen LogP contribution is -2.49. The molecule has 18 heavy (non-hydrogen) atoms. The molecule has 1 saturated heterocycles. The van der Waals surface area contributed by atoms with Crippen molar-refractivity contribution in [2.45, 2.75) is 32.7 Å². The summed E-state index contributed by atoms with van der Waals surface area (Å²) < 4.78 is 0. The van der Waals surface area contributed by atoms with Crippen LogP contribution in [0.1, 0.15) is 25.0 Å². The van der Waals surface area contributed by atoms with E-state index in [9.17, 15) is 0 Å². The number of hydrogen-bond donors (Lipinski definition) is 1. The first-order chi connectivity index (χ1) is 8.63. The van der Waals surface area contributed by atoms with E-state index in [1.165, 1.54) is 24.1 Å². The monoisotopic (exact) mass is 246 g/mol. The molecule has 0 saturated carbocycles. The van der Waals surface area contributed by atoms with Crippen LogP contribution in [-0.2, 0) is 12.8 Å². The minimum Gasteiger partial charge on any atom is -0.311 e. The van der Waals surface area contributed by atoms with Crippen LogP contribution in [0.15, 0.2) is 24.3 Å². The van der Waals surface area contributed by atoms with Crippen molar-refractivity contribution < 1.29 is 0 Å². The fraction of sp³-hybridized carbons (Fsp3) is 0.625. The number of piperazine rings is 1. The van der Waals surface area contributed by atoms with Gasteiger partial charge < -0.3 is 10.2 Å². The quantitative estimate of drug-likeness (QED) is 0.877. The maximum Gasteiger partial charge on any atom is 0.0235 e. The first kappa shape index (κ1) is 13.6. The first-order valence-corrected chi connectivity index (χ1v) is 7.13. The van der Waals surface area contributed by atoms with Gasteiger partial charge in [0.05, 0.1) is 0 Å². The number of nitrogens with zero attached hydrogens (tertiary/aromatic N) is 1. The summed E-state index contributed by atoms with van der Waals surface area (Å²) in [5.41, 5.74) is 2.91. The van der Waals surface area contributed by atoms with Gasteiger partial charge in [-0.05, 0) is 36.9 Å². The highest BCUT2D eigenvalue weighted by Gasteiger charge is 2.16. The highest BCUT2D eigenvalue weighted by atomic mass is 15.2. The van der Waals surface area contributed by atoms with E-state index in [1.807, 2.05) is 0 Å². The van der Waals surface area contributed by atoms with E-state index in [0.717, 1.165) is 25.4 Å². The van der Waals surface area contributed by atoms with E-state index in [1.54, 1.807) is 0 Å². The predicted octanol–water partition coefficient (Wildman–Crippen LogP) is 2.33. The Morgan fingerprint density at radius 1 is 1.22 bits per heavy atom. The summed E-state index contributed by atoms with van der Waals surface area (Å²) in [6.45, 7) is 8.00. The van der Waals surface area contributed by atoms with Gasteiger partial charge in [0.15, 0.2) is 0 Å². The molecule has 0 amide bonds. The summed E-state index contributed by atoms with van der Waals surface area (Å²) in [5, 5.41) is 3.60. The van der Waals surface area contributed by atoms with Crippen molar-refractivity contribution >= 4 is 0 Å². The number of hydrogen-bond acceptors (Lipinski definition) is 2. The van der Waals surface area contributed by atoms with Crippen LogP contribution in [0.5, 0.6) is 0 Å². The summed E-state index contributed by atoms with van der Waals surface area (Å²) in [6.07, 6.45) is 2.33. The molecule has 0 bridgehead atoms. The molecule has 1 unspecified atom stereocenters. The van der Waals surface area contributed by atoms with Gasteiger partial charge in [-0.15, -0.1) is 0 Å². The average molecular weight is 246 g/mol. The van der Waals surface area contributed by atoms with Crippen LogP contribution in [0.3, 0.4) is 0 Å². The lowest BCUT2D eigenvalue weighted by molar-refractivity contribution is 0.238. The average Bonchev–Trinajstić information content (AvgIpc) is 2.31. The Hall–Kier alpha value is -0.860. The van der Waals surface area contributed by atoms with Gasteiger partial charge in [0, 0.05) is 25.7 Å². The van der Waals surface area contributed by atoms with Crippen molar-refractivity contribution in [1.29, 1.82) is 0 Å². The zero-order valence-corrected chi connectivity index (χ0v) is 11.9. The Kier molecular flexibility index (Phi) is 4.79. The van der Waals surface area contributed by atoms with E-state index in [4.69, 9.17) is 0 Å². The maximum atomic E-state index is 3.60. The summed E-state index contributed by atoms with van der Waals surface area (Å²) >= 11 is 0. The highest BCUT2D eigenvalue weighted by Crippen LogP contribution is 2.12. The fourth-order valence-corrected chi connectivity index (χ4v) is 2.70. The molecule has 2 heteroatoms. The van der Waals surface area contributed by atoms with E-state index in [2.05, 4.69) is 55.4 Å². The zero-order valence-electron chi connectivity index (χ0n) is 11.9. The van der Waals surface area contributed by atoms with Crippen molar-refractivity contribution in [3.8, 4) is 0 Å². The van der Waals surface area contributed by atoms with Crippen LogP contribution in [0.2, 0.25) is 0 Å². The molecule has 100 valence electrons. The maximum absolute atomic E-state index is 3.60. The SMILES string of the molecule is CC(C)Cc1ccc(CC2CN(C)CCN2)cc1. The number of rotatable bonds is 4. The molecular formula is C16H26N2. The van der Waals surface area contributed by atoms with Gasteiger partial charge >= 0.3 is 0 Å². The van der Waals surface area contributed by atoms with Gasteiger partial charge in [-0.1, -0.05) is 38.1 Å². The zero-order chi connectivity index (χ0) is 13.0. The second-order valence-corrected chi connectivity index (χ2v) is 6.03. The predicted molar refractivity (Wildman–Crippen MR) is 78.0 cm³/mol. The van der Waals surface area contributed by atoms with E-state index in [0.29, 0.717) is 6.04 Å². The van der Waals surface area contributed by atoms with Crippen LogP contribution < -0.4 is 5.32 Å². The molecule has 1 aromatic rings. The molecule has 1 fully saturated rings. The Morgan fingerprint density at radius 3 is 2.50 bits per heavy atom. The van der Waals surface area contributed by atoms with Gasteiger partial charge in [-0.2, -0.15) is 0 Å². The van der Waals surface area contributed by atoms with E-state index in [-0.39, 0.29) is 0 Å². The Balaban J connectivity index is 1.89. The molecule has 1 heterocycles. The molecule has 2 nitrogen and oxygen atoms in total. The Labute approximate surface area is 111 Å². The van der Waals surface area contributed by atoms with Crippen LogP contribution in [-0.4, -0.2) is 37.6 Å². The van der Waals surface area contributed by atoms with Crippen molar-refractivity contribution in [3.05, 3.63) is 35.4 Å². The van der Waals surface area contributed by atoms with Gasteiger partial charge in [-0.3, -0.25) is 0 Å². The molecule has 0 radical (unpaired) electrons. The molecule has 0 aromatic heterocycles. The fourth-order valence-electron chi connectivity index (χ4n) is 2.70. The number of nitrogens with one attached hydrogen (secondary N) is 1. The Morgan fingerprint density at radius 2 is 1.89 bits per heavy atom. The molecule has 1 atom stereocenters. The summed E-state index contributed by atoms with van der Waals surface area (Å²) in [7, 11) is 2.21. The second-order valence-electron chi connectivity index (χ2n) is 6.03. The molecule has 0 aliphatic carbocycles. The van der Waals surface area contributed by atoms with Crippen molar-refractivity contribution in [2.24, 2.45) is 5.92 Å². The van der Waals surface area contributed by atoms with Crippen LogP contribution in [0.4, 0.5) is 0 Å². The van der Waals surface area contributed by atoms with Gasteiger partial charge in [0.1, 0.15) is 0 Å².